The summed E-state index contributed by atoms with van der Waals surface area (Å²) in [4.78, 5) is 3.30. The molecule has 0 amide bonds. The lowest BCUT2D eigenvalue weighted by atomic mass is 10.2. The highest BCUT2D eigenvalue weighted by Gasteiger charge is 2.10. The lowest BCUT2D eigenvalue weighted by Crippen LogP contribution is -1.97. The third-order valence-corrected chi connectivity index (χ3v) is 2.02. The lowest BCUT2D eigenvalue weighted by molar-refractivity contribution is 0.496. The molecule has 0 bridgehead atoms. The van der Waals surface area contributed by atoms with Crippen LogP contribution in [0.1, 0.15) is 0 Å². The van der Waals surface area contributed by atoms with Gasteiger partial charge in [0.05, 0.1) is 5.69 Å². The van der Waals surface area contributed by atoms with Crippen molar-refractivity contribution in [3.05, 3.63) is 53.9 Å². The molecule has 1 N–H and O–H groups in total. The molecule has 0 saturated heterocycles. The summed E-state index contributed by atoms with van der Waals surface area (Å²) in [5, 5.41) is 2.42. The number of nitrogens with one attached hydrogen (secondary N) is 1. The van der Waals surface area contributed by atoms with Crippen LogP contribution in [0.4, 0.5) is 28.9 Å². The molecular formula is C11H6F4N2. The van der Waals surface area contributed by atoms with E-state index in [9.17, 15) is 17.6 Å². The SMILES string of the molecule is Fc1cc(Nc2cc(F)c(F)cc2F)ccn1. The second-order valence-electron chi connectivity index (χ2n) is 3.24. The molecule has 88 valence electrons. The van der Waals surface area contributed by atoms with E-state index in [1.54, 1.807) is 0 Å². The van der Waals surface area contributed by atoms with Crippen LogP contribution >= 0.6 is 0 Å². The van der Waals surface area contributed by atoms with Gasteiger partial charge in [0, 0.05) is 30.1 Å². The summed E-state index contributed by atoms with van der Waals surface area (Å²) < 4.78 is 51.5. The maximum atomic E-state index is 13.2. The highest BCUT2D eigenvalue weighted by Crippen LogP contribution is 2.22. The molecule has 1 aromatic heterocycles. The van der Waals surface area contributed by atoms with E-state index in [1.165, 1.54) is 6.07 Å². The Balaban J connectivity index is 2.33. The zero-order chi connectivity index (χ0) is 12.4. The zero-order valence-electron chi connectivity index (χ0n) is 8.35. The molecule has 6 heteroatoms. The highest BCUT2D eigenvalue weighted by molar-refractivity contribution is 5.59. The second-order valence-corrected chi connectivity index (χ2v) is 3.24. The fraction of sp³-hybridized carbons (Fsp3) is 0. The Kier molecular flexibility index (Phi) is 2.95. The summed E-state index contributed by atoms with van der Waals surface area (Å²) in [6.45, 7) is 0. The van der Waals surface area contributed by atoms with Crippen LogP contribution in [0.3, 0.4) is 0 Å². The molecule has 0 aliphatic heterocycles. The molecule has 17 heavy (non-hydrogen) atoms. The van der Waals surface area contributed by atoms with Gasteiger partial charge in [-0.05, 0) is 6.07 Å². The fourth-order valence-corrected chi connectivity index (χ4v) is 1.25. The molecule has 1 aromatic carbocycles. The standard InChI is InChI=1S/C11H6F4N2/c12-7-4-9(14)10(5-8(7)13)17-6-1-2-16-11(15)3-6/h1-5H,(H,16,17). The number of anilines is 2. The van der Waals surface area contributed by atoms with Crippen molar-refractivity contribution in [2.45, 2.75) is 0 Å². The molecule has 0 aliphatic carbocycles. The highest BCUT2D eigenvalue weighted by atomic mass is 19.2. The molecule has 0 fully saturated rings. The summed E-state index contributed by atoms with van der Waals surface area (Å²) in [5.74, 6) is -4.21. The third-order valence-electron chi connectivity index (χ3n) is 2.02. The van der Waals surface area contributed by atoms with Gasteiger partial charge in [-0.3, -0.25) is 0 Å². The van der Waals surface area contributed by atoms with Crippen LogP contribution in [-0.4, -0.2) is 4.98 Å². The number of pyridine rings is 1. The first-order chi connectivity index (χ1) is 8.06. The average molecular weight is 242 g/mol. The summed E-state index contributed by atoms with van der Waals surface area (Å²) in [6.07, 6.45) is 1.16. The van der Waals surface area contributed by atoms with E-state index < -0.39 is 23.4 Å². The van der Waals surface area contributed by atoms with E-state index in [4.69, 9.17) is 0 Å². The number of halogens is 4. The largest absolute Gasteiger partial charge is 0.353 e. The second kappa shape index (κ2) is 4.40. The Morgan fingerprint density at radius 2 is 1.59 bits per heavy atom. The number of rotatable bonds is 2. The van der Waals surface area contributed by atoms with E-state index >= 15 is 0 Å². The Hall–Kier alpha value is -2.11. The predicted molar refractivity (Wildman–Crippen MR) is 53.8 cm³/mol. The van der Waals surface area contributed by atoms with Crippen molar-refractivity contribution in [1.82, 2.24) is 4.98 Å². The van der Waals surface area contributed by atoms with Crippen molar-refractivity contribution in [3.8, 4) is 0 Å². The van der Waals surface area contributed by atoms with Crippen LogP contribution in [0.2, 0.25) is 0 Å². The van der Waals surface area contributed by atoms with Crippen molar-refractivity contribution in [2.75, 3.05) is 5.32 Å². The monoisotopic (exact) mass is 242 g/mol. The number of aromatic nitrogens is 1. The summed E-state index contributed by atoms with van der Waals surface area (Å²) in [5.41, 5.74) is -0.100. The Morgan fingerprint density at radius 1 is 0.882 bits per heavy atom. The molecule has 0 aliphatic rings. The molecule has 0 saturated carbocycles. The van der Waals surface area contributed by atoms with Crippen molar-refractivity contribution < 1.29 is 17.6 Å². The minimum atomic E-state index is -1.28. The Morgan fingerprint density at radius 3 is 2.29 bits per heavy atom. The minimum Gasteiger partial charge on any atom is -0.353 e. The van der Waals surface area contributed by atoms with Gasteiger partial charge in [0.25, 0.3) is 0 Å². The molecule has 0 unspecified atom stereocenters. The van der Waals surface area contributed by atoms with Gasteiger partial charge in [-0.15, -0.1) is 0 Å². The van der Waals surface area contributed by atoms with E-state index in [0.717, 1.165) is 12.3 Å². The van der Waals surface area contributed by atoms with Crippen molar-refractivity contribution in [3.63, 3.8) is 0 Å². The molecule has 2 nitrogen and oxygen atoms in total. The molecular weight excluding hydrogens is 236 g/mol. The van der Waals surface area contributed by atoms with Gasteiger partial charge in [0.1, 0.15) is 5.82 Å². The zero-order valence-corrected chi connectivity index (χ0v) is 8.35. The summed E-state index contributed by atoms with van der Waals surface area (Å²) in [7, 11) is 0. The Bertz CT molecular complexity index is 557. The summed E-state index contributed by atoms with van der Waals surface area (Å²) >= 11 is 0. The topological polar surface area (TPSA) is 24.9 Å². The van der Waals surface area contributed by atoms with Gasteiger partial charge in [-0.2, -0.15) is 4.39 Å². The van der Waals surface area contributed by atoms with Crippen molar-refractivity contribution in [2.24, 2.45) is 0 Å². The maximum Gasteiger partial charge on any atom is 0.214 e. The molecule has 0 radical (unpaired) electrons. The quantitative estimate of drug-likeness (QED) is 0.496. The van der Waals surface area contributed by atoms with Crippen LogP contribution < -0.4 is 5.32 Å². The van der Waals surface area contributed by atoms with E-state index in [-0.39, 0.29) is 11.4 Å². The van der Waals surface area contributed by atoms with Crippen LogP contribution in [0.25, 0.3) is 0 Å². The number of hydrogen-bond acceptors (Lipinski definition) is 2. The lowest BCUT2D eigenvalue weighted by Gasteiger charge is -2.07. The smallest absolute Gasteiger partial charge is 0.214 e. The van der Waals surface area contributed by atoms with Crippen molar-refractivity contribution >= 4 is 11.4 Å². The van der Waals surface area contributed by atoms with E-state index in [1.807, 2.05) is 0 Å². The van der Waals surface area contributed by atoms with Gasteiger partial charge < -0.3 is 5.32 Å². The average Bonchev–Trinajstić information content (AvgIpc) is 2.26. The van der Waals surface area contributed by atoms with Crippen LogP contribution in [-0.2, 0) is 0 Å². The number of hydrogen-bond donors (Lipinski definition) is 1. The summed E-state index contributed by atoms with van der Waals surface area (Å²) in [6, 6.07) is 3.43. The maximum absolute atomic E-state index is 13.2. The molecule has 0 spiro atoms. The van der Waals surface area contributed by atoms with Gasteiger partial charge in [0.15, 0.2) is 11.6 Å². The van der Waals surface area contributed by atoms with Gasteiger partial charge in [0.2, 0.25) is 5.95 Å². The van der Waals surface area contributed by atoms with Gasteiger partial charge >= 0.3 is 0 Å². The molecule has 2 aromatic rings. The van der Waals surface area contributed by atoms with Crippen LogP contribution in [0.5, 0.6) is 0 Å². The molecule has 0 atom stereocenters. The first kappa shape index (κ1) is 11.4. The fourth-order valence-electron chi connectivity index (χ4n) is 1.25. The van der Waals surface area contributed by atoms with Gasteiger partial charge in [-0.1, -0.05) is 0 Å². The van der Waals surface area contributed by atoms with Crippen molar-refractivity contribution in [1.29, 1.82) is 0 Å². The third kappa shape index (κ3) is 2.52. The first-order valence-corrected chi connectivity index (χ1v) is 4.59. The number of nitrogens with zero attached hydrogens (tertiary/aromatic N) is 1. The minimum absolute atomic E-state index is 0.183. The normalized spacial score (nSPS) is 10.4. The first-order valence-electron chi connectivity index (χ1n) is 4.59. The van der Waals surface area contributed by atoms with E-state index in [0.29, 0.717) is 12.1 Å². The molecule has 1 heterocycles. The van der Waals surface area contributed by atoms with Crippen LogP contribution in [0.15, 0.2) is 30.5 Å². The Labute approximate surface area is 93.9 Å². The van der Waals surface area contributed by atoms with Crippen LogP contribution in [0, 0.1) is 23.4 Å². The van der Waals surface area contributed by atoms with Gasteiger partial charge in [-0.25, -0.2) is 18.2 Å². The predicted octanol–water partition coefficient (Wildman–Crippen LogP) is 3.38. The number of benzene rings is 1. The van der Waals surface area contributed by atoms with E-state index in [2.05, 4.69) is 10.3 Å². The molecule has 2 rings (SSSR count).